The van der Waals surface area contributed by atoms with E-state index in [0.717, 1.165) is 12.8 Å². The molecule has 7 nitrogen and oxygen atoms in total. The van der Waals surface area contributed by atoms with Crippen LogP contribution in [0, 0.1) is 0 Å². The van der Waals surface area contributed by atoms with Gasteiger partial charge in [0.15, 0.2) is 0 Å². The highest BCUT2D eigenvalue weighted by atomic mass is 32.2. The van der Waals surface area contributed by atoms with Crippen molar-refractivity contribution in [2.45, 2.75) is 43.8 Å². The first kappa shape index (κ1) is 14.2. The summed E-state index contributed by atoms with van der Waals surface area (Å²) in [5, 5.41) is 4.09. The standard InChI is InChI=1S/C13H17N5O2S/c1-2-17-13(15-10-16-17)9-18(11-5-6-11)21(19,20)12-4-3-7-14-8-12/h3-4,7-8,10-11H,2,5-6,9H2,1H3. The Balaban J connectivity index is 1.92. The lowest BCUT2D eigenvalue weighted by Crippen LogP contribution is -2.33. The fraction of sp³-hybridized carbons (Fsp3) is 0.462. The second-order valence-electron chi connectivity index (χ2n) is 4.96. The number of nitrogens with zero attached hydrogens (tertiary/aromatic N) is 5. The van der Waals surface area contributed by atoms with Crippen molar-refractivity contribution in [2.24, 2.45) is 0 Å². The molecule has 8 heteroatoms. The lowest BCUT2D eigenvalue weighted by atomic mass is 10.5. The summed E-state index contributed by atoms with van der Waals surface area (Å²) < 4.78 is 28.8. The van der Waals surface area contributed by atoms with Crippen LogP contribution in [0.2, 0.25) is 0 Å². The zero-order valence-electron chi connectivity index (χ0n) is 11.8. The van der Waals surface area contributed by atoms with Crippen molar-refractivity contribution in [3.05, 3.63) is 36.7 Å². The Morgan fingerprint density at radius 3 is 2.86 bits per heavy atom. The third-order valence-electron chi connectivity index (χ3n) is 3.49. The van der Waals surface area contributed by atoms with E-state index in [-0.39, 0.29) is 17.5 Å². The largest absolute Gasteiger partial charge is 0.263 e. The smallest absolute Gasteiger partial charge is 0.245 e. The van der Waals surface area contributed by atoms with Crippen LogP contribution in [-0.2, 0) is 23.1 Å². The number of pyridine rings is 1. The quantitative estimate of drug-likeness (QED) is 0.796. The van der Waals surface area contributed by atoms with E-state index in [1.807, 2.05) is 6.92 Å². The van der Waals surface area contributed by atoms with Crippen molar-refractivity contribution in [3.63, 3.8) is 0 Å². The molecule has 3 rings (SSSR count). The van der Waals surface area contributed by atoms with E-state index in [0.29, 0.717) is 12.4 Å². The van der Waals surface area contributed by atoms with Gasteiger partial charge >= 0.3 is 0 Å². The molecule has 1 aliphatic carbocycles. The molecule has 2 aromatic heterocycles. The second-order valence-corrected chi connectivity index (χ2v) is 6.85. The molecule has 0 saturated heterocycles. The van der Waals surface area contributed by atoms with E-state index < -0.39 is 10.0 Å². The average Bonchev–Trinajstić information content (AvgIpc) is 3.24. The van der Waals surface area contributed by atoms with Crippen molar-refractivity contribution < 1.29 is 8.42 Å². The molecule has 0 unspecified atom stereocenters. The highest BCUT2D eigenvalue weighted by Crippen LogP contribution is 2.33. The molecule has 112 valence electrons. The molecule has 2 aromatic rings. The van der Waals surface area contributed by atoms with Crippen LogP contribution in [0.4, 0.5) is 0 Å². The Hall–Kier alpha value is -1.80. The van der Waals surface area contributed by atoms with Gasteiger partial charge in [-0.05, 0) is 31.9 Å². The van der Waals surface area contributed by atoms with Crippen LogP contribution in [0.3, 0.4) is 0 Å². The number of aromatic nitrogens is 4. The van der Waals surface area contributed by atoms with Gasteiger partial charge in [-0.1, -0.05) is 0 Å². The SMILES string of the molecule is CCn1ncnc1CN(C1CC1)S(=O)(=O)c1cccnc1. The summed E-state index contributed by atoms with van der Waals surface area (Å²) in [5.41, 5.74) is 0. The van der Waals surface area contributed by atoms with Crippen molar-refractivity contribution in [1.29, 1.82) is 0 Å². The number of hydrogen-bond donors (Lipinski definition) is 0. The number of sulfonamides is 1. The first-order valence-electron chi connectivity index (χ1n) is 6.91. The van der Waals surface area contributed by atoms with Gasteiger partial charge in [-0.2, -0.15) is 9.40 Å². The van der Waals surface area contributed by atoms with Crippen molar-refractivity contribution in [2.75, 3.05) is 0 Å². The molecule has 0 spiro atoms. The van der Waals surface area contributed by atoms with Gasteiger partial charge in [-0.25, -0.2) is 18.1 Å². The average molecular weight is 307 g/mol. The lowest BCUT2D eigenvalue weighted by molar-refractivity contribution is 0.379. The molecule has 1 saturated carbocycles. The third-order valence-corrected chi connectivity index (χ3v) is 5.37. The highest BCUT2D eigenvalue weighted by molar-refractivity contribution is 7.89. The maximum atomic E-state index is 12.8. The third kappa shape index (κ3) is 2.81. The predicted octanol–water partition coefficient (Wildman–Crippen LogP) is 1.05. The minimum absolute atomic E-state index is 0.0530. The molecule has 0 aromatic carbocycles. The fourth-order valence-corrected chi connectivity index (χ4v) is 3.83. The van der Waals surface area contributed by atoms with Gasteiger partial charge in [0, 0.05) is 25.0 Å². The number of rotatable bonds is 6. The summed E-state index contributed by atoms with van der Waals surface area (Å²) in [6, 6.07) is 3.26. The molecule has 0 N–H and O–H groups in total. The number of hydrogen-bond acceptors (Lipinski definition) is 5. The highest BCUT2D eigenvalue weighted by Gasteiger charge is 2.39. The van der Waals surface area contributed by atoms with Crippen LogP contribution in [0.5, 0.6) is 0 Å². The topological polar surface area (TPSA) is 81.0 Å². The van der Waals surface area contributed by atoms with E-state index in [1.165, 1.54) is 16.8 Å². The molecular formula is C13H17N5O2S. The molecule has 0 amide bonds. The first-order valence-corrected chi connectivity index (χ1v) is 8.35. The van der Waals surface area contributed by atoms with E-state index in [4.69, 9.17) is 0 Å². The Labute approximate surface area is 123 Å². The zero-order valence-corrected chi connectivity index (χ0v) is 12.6. The fourth-order valence-electron chi connectivity index (χ4n) is 2.22. The minimum atomic E-state index is -3.55. The summed E-state index contributed by atoms with van der Waals surface area (Å²) in [7, 11) is -3.55. The van der Waals surface area contributed by atoms with E-state index in [1.54, 1.807) is 23.0 Å². The van der Waals surface area contributed by atoms with Crippen LogP contribution in [-0.4, -0.2) is 38.5 Å². The van der Waals surface area contributed by atoms with Gasteiger partial charge in [0.25, 0.3) is 0 Å². The van der Waals surface area contributed by atoms with Crippen LogP contribution in [0.1, 0.15) is 25.6 Å². The molecule has 0 radical (unpaired) electrons. The molecule has 0 bridgehead atoms. The monoisotopic (exact) mass is 307 g/mol. The van der Waals surface area contributed by atoms with Gasteiger partial charge in [-0.15, -0.1) is 0 Å². The maximum Gasteiger partial charge on any atom is 0.245 e. The van der Waals surface area contributed by atoms with Crippen LogP contribution in [0.15, 0.2) is 35.7 Å². The zero-order chi connectivity index (χ0) is 14.9. The summed E-state index contributed by atoms with van der Waals surface area (Å²) in [4.78, 5) is 8.30. The molecular weight excluding hydrogens is 290 g/mol. The Morgan fingerprint density at radius 1 is 1.43 bits per heavy atom. The summed E-state index contributed by atoms with van der Waals surface area (Å²) >= 11 is 0. The van der Waals surface area contributed by atoms with Gasteiger partial charge in [-0.3, -0.25) is 4.98 Å². The lowest BCUT2D eigenvalue weighted by Gasteiger charge is -2.21. The van der Waals surface area contributed by atoms with Crippen molar-refractivity contribution in [3.8, 4) is 0 Å². The van der Waals surface area contributed by atoms with Crippen molar-refractivity contribution >= 4 is 10.0 Å². The van der Waals surface area contributed by atoms with Gasteiger partial charge in [0.05, 0.1) is 6.54 Å². The van der Waals surface area contributed by atoms with E-state index in [9.17, 15) is 8.42 Å². The Kier molecular flexibility index (Phi) is 3.73. The molecule has 2 heterocycles. The Morgan fingerprint density at radius 2 is 2.24 bits per heavy atom. The summed E-state index contributed by atoms with van der Waals surface area (Å²) in [5.74, 6) is 0.664. The first-order chi connectivity index (χ1) is 10.1. The molecule has 21 heavy (non-hydrogen) atoms. The predicted molar refractivity (Wildman–Crippen MR) is 75.7 cm³/mol. The van der Waals surface area contributed by atoms with E-state index in [2.05, 4.69) is 15.1 Å². The molecule has 0 atom stereocenters. The Bertz CT molecular complexity index is 709. The minimum Gasteiger partial charge on any atom is -0.263 e. The maximum absolute atomic E-state index is 12.8. The summed E-state index contributed by atoms with van der Waals surface area (Å²) in [6.45, 7) is 2.87. The second kappa shape index (κ2) is 5.53. The van der Waals surface area contributed by atoms with Crippen molar-refractivity contribution in [1.82, 2.24) is 24.1 Å². The van der Waals surface area contributed by atoms with Crippen LogP contribution < -0.4 is 0 Å². The summed E-state index contributed by atoms with van der Waals surface area (Å²) in [6.07, 6.45) is 6.18. The number of aryl methyl sites for hydroxylation is 1. The molecule has 1 fully saturated rings. The molecule has 0 aliphatic heterocycles. The van der Waals surface area contributed by atoms with Gasteiger partial charge < -0.3 is 0 Å². The normalized spacial score (nSPS) is 15.5. The van der Waals surface area contributed by atoms with Gasteiger partial charge in [0.2, 0.25) is 10.0 Å². The van der Waals surface area contributed by atoms with Gasteiger partial charge in [0.1, 0.15) is 17.0 Å². The molecule has 1 aliphatic rings. The van der Waals surface area contributed by atoms with Crippen LogP contribution >= 0.6 is 0 Å². The van der Waals surface area contributed by atoms with Crippen LogP contribution in [0.25, 0.3) is 0 Å². The van der Waals surface area contributed by atoms with E-state index >= 15 is 0 Å².